The van der Waals surface area contributed by atoms with Gasteiger partial charge >= 0.3 is 6.18 Å². The van der Waals surface area contributed by atoms with Gasteiger partial charge in [0.25, 0.3) is 0 Å². The van der Waals surface area contributed by atoms with Crippen molar-refractivity contribution in [2.24, 2.45) is 0 Å². The first-order chi connectivity index (χ1) is 9.45. The Hall–Kier alpha value is -2.30. The molecule has 0 spiro atoms. The van der Waals surface area contributed by atoms with Crippen molar-refractivity contribution in [2.75, 3.05) is 7.11 Å². The van der Waals surface area contributed by atoms with Crippen LogP contribution in [0.4, 0.5) is 13.2 Å². The van der Waals surface area contributed by atoms with Crippen LogP contribution in [0.5, 0.6) is 5.75 Å². The average molecular weight is 280 g/mol. The number of hydrogen-bond donors (Lipinski definition) is 0. The van der Waals surface area contributed by atoms with Crippen molar-refractivity contribution in [3.8, 4) is 16.9 Å². The molecule has 0 radical (unpaired) electrons. The number of halogens is 3. The molecular formula is C15H11F3O2. The summed E-state index contributed by atoms with van der Waals surface area (Å²) in [4.78, 5) is 11.0. The highest BCUT2D eigenvalue weighted by Crippen LogP contribution is 2.32. The van der Waals surface area contributed by atoms with Gasteiger partial charge in [0.2, 0.25) is 0 Å². The second-order valence-electron chi connectivity index (χ2n) is 4.15. The quantitative estimate of drug-likeness (QED) is 0.788. The lowest BCUT2D eigenvalue weighted by Crippen LogP contribution is -2.04. The Morgan fingerprint density at radius 1 is 1.05 bits per heavy atom. The fourth-order valence-corrected chi connectivity index (χ4v) is 1.85. The molecule has 0 atom stereocenters. The van der Waals surface area contributed by atoms with Gasteiger partial charge in [-0.25, -0.2) is 0 Å². The second kappa shape index (κ2) is 5.36. The molecule has 0 heterocycles. The van der Waals surface area contributed by atoms with E-state index in [0.29, 0.717) is 28.7 Å². The lowest BCUT2D eigenvalue weighted by atomic mass is 9.99. The van der Waals surface area contributed by atoms with Crippen molar-refractivity contribution in [3.63, 3.8) is 0 Å². The number of benzene rings is 2. The molecule has 2 nitrogen and oxygen atoms in total. The van der Waals surface area contributed by atoms with Gasteiger partial charge in [0.1, 0.15) is 5.75 Å². The number of hydrogen-bond acceptors (Lipinski definition) is 2. The van der Waals surface area contributed by atoms with Gasteiger partial charge in [-0.15, -0.1) is 0 Å². The Morgan fingerprint density at radius 2 is 1.70 bits per heavy atom. The zero-order valence-electron chi connectivity index (χ0n) is 10.6. The van der Waals surface area contributed by atoms with Crippen LogP contribution >= 0.6 is 0 Å². The molecule has 2 aromatic rings. The van der Waals surface area contributed by atoms with E-state index in [1.54, 1.807) is 18.2 Å². The molecule has 2 rings (SSSR count). The summed E-state index contributed by atoms with van der Waals surface area (Å²) in [6.45, 7) is 0. The molecule has 0 bridgehead atoms. The van der Waals surface area contributed by atoms with Gasteiger partial charge in [-0.3, -0.25) is 4.79 Å². The second-order valence-corrected chi connectivity index (χ2v) is 4.15. The van der Waals surface area contributed by atoms with Crippen LogP contribution in [0.3, 0.4) is 0 Å². The van der Waals surface area contributed by atoms with E-state index in [9.17, 15) is 18.0 Å². The van der Waals surface area contributed by atoms with Crippen LogP contribution in [-0.2, 0) is 6.18 Å². The van der Waals surface area contributed by atoms with Gasteiger partial charge in [0.15, 0.2) is 6.29 Å². The highest BCUT2D eigenvalue weighted by molar-refractivity contribution is 5.88. The number of carbonyl (C=O) groups excluding carboxylic acids is 1. The average Bonchev–Trinajstić information content (AvgIpc) is 2.45. The predicted molar refractivity (Wildman–Crippen MR) is 68.8 cm³/mol. The Balaban J connectivity index is 2.48. The lowest BCUT2D eigenvalue weighted by Gasteiger charge is -2.10. The van der Waals surface area contributed by atoms with E-state index in [1.165, 1.54) is 19.2 Å². The van der Waals surface area contributed by atoms with Crippen LogP contribution < -0.4 is 4.74 Å². The van der Waals surface area contributed by atoms with E-state index in [4.69, 9.17) is 4.74 Å². The summed E-state index contributed by atoms with van der Waals surface area (Å²) in [7, 11) is 1.48. The maximum absolute atomic E-state index is 12.5. The molecule has 0 aliphatic carbocycles. The molecule has 104 valence electrons. The van der Waals surface area contributed by atoms with Gasteiger partial charge in [-0.2, -0.15) is 13.2 Å². The number of alkyl halides is 3. The van der Waals surface area contributed by atoms with Crippen LogP contribution in [-0.4, -0.2) is 13.4 Å². The van der Waals surface area contributed by atoms with Gasteiger partial charge in [0.05, 0.1) is 12.7 Å². The monoisotopic (exact) mass is 280 g/mol. The normalized spacial score (nSPS) is 11.2. The minimum absolute atomic E-state index is 0.394. The van der Waals surface area contributed by atoms with E-state index in [2.05, 4.69) is 0 Å². The molecule has 0 saturated carbocycles. The first-order valence-electron chi connectivity index (χ1n) is 5.76. The van der Waals surface area contributed by atoms with Crippen molar-refractivity contribution >= 4 is 6.29 Å². The topological polar surface area (TPSA) is 26.3 Å². The van der Waals surface area contributed by atoms with Crippen molar-refractivity contribution in [2.45, 2.75) is 6.18 Å². The van der Waals surface area contributed by atoms with E-state index in [1.807, 2.05) is 0 Å². The largest absolute Gasteiger partial charge is 0.497 e. The third-order valence-corrected chi connectivity index (χ3v) is 2.91. The van der Waals surface area contributed by atoms with Crippen LogP contribution in [0.25, 0.3) is 11.1 Å². The number of ether oxygens (including phenoxy) is 1. The van der Waals surface area contributed by atoms with Crippen LogP contribution in [0.2, 0.25) is 0 Å². The molecule has 0 N–H and O–H groups in total. The van der Waals surface area contributed by atoms with Crippen LogP contribution in [0.1, 0.15) is 15.9 Å². The molecule has 2 aromatic carbocycles. The zero-order chi connectivity index (χ0) is 14.8. The molecule has 0 aliphatic heterocycles. The Kier molecular flexibility index (Phi) is 3.79. The summed E-state index contributed by atoms with van der Waals surface area (Å²) < 4.78 is 42.6. The Labute approximate surface area is 113 Å². The molecule has 20 heavy (non-hydrogen) atoms. The molecule has 0 saturated heterocycles. The van der Waals surface area contributed by atoms with Crippen molar-refractivity contribution in [3.05, 3.63) is 53.6 Å². The van der Waals surface area contributed by atoms with E-state index in [0.717, 1.165) is 12.1 Å². The van der Waals surface area contributed by atoms with Crippen LogP contribution in [0, 0.1) is 0 Å². The molecule has 0 fully saturated rings. The van der Waals surface area contributed by atoms with Crippen molar-refractivity contribution < 1.29 is 22.7 Å². The van der Waals surface area contributed by atoms with E-state index < -0.39 is 11.7 Å². The third-order valence-electron chi connectivity index (χ3n) is 2.91. The summed E-state index contributed by atoms with van der Waals surface area (Å²) in [6.07, 6.45) is -3.72. The number of methoxy groups -OCH3 is 1. The Morgan fingerprint density at radius 3 is 2.20 bits per heavy atom. The number of aldehydes is 1. The molecule has 0 unspecified atom stereocenters. The first kappa shape index (κ1) is 14.1. The molecular weight excluding hydrogens is 269 g/mol. The van der Waals surface area contributed by atoms with Crippen molar-refractivity contribution in [1.29, 1.82) is 0 Å². The smallest absolute Gasteiger partial charge is 0.416 e. The molecule has 0 amide bonds. The summed E-state index contributed by atoms with van der Waals surface area (Å²) in [5.41, 5.74) is 0.731. The maximum Gasteiger partial charge on any atom is 0.416 e. The standard InChI is InChI=1S/C15H11F3O2/c1-20-13-7-4-11(9-19)14(8-13)10-2-5-12(6-3-10)15(16,17)18/h2-9H,1H3. The van der Waals surface area contributed by atoms with Gasteiger partial charge in [-0.1, -0.05) is 12.1 Å². The maximum atomic E-state index is 12.5. The Bertz CT molecular complexity index is 616. The fourth-order valence-electron chi connectivity index (χ4n) is 1.85. The predicted octanol–water partition coefficient (Wildman–Crippen LogP) is 4.19. The molecule has 0 aliphatic rings. The number of rotatable bonds is 3. The van der Waals surface area contributed by atoms with E-state index in [-0.39, 0.29) is 0 Å². The SMILES string of the molecule is COc1ccc(C=O)c(-c2ccc(C(F)(F)F)cc2)c1. The number of carbonyl (C=O) groups is 1. The fraction of sp³-hybridized carbons (Fsp3) is 0.133. The van der Waals surface area contributed by atoms with Crippen LogP contribution in [0.15, 0.2) is 42.5 Å². The highest BCUT2D eigenvalue weighted by Gasteiger charge is 2.30. The zero-order valence-corrected chi connectivity index (χ0v) is 10.6. The molecule has 5 heteroatoms. The molecule has 0 aromatic heterocycles. The summed E-state index contributed by atoms with van der Waals surface area (Å²) in [5, 5.41) is 0. The van der Waals surface area contributed by atoms with Gasteiger partial charge < -0.3 is 4.74 Å². The van der Waals surface area contributed by atoms with Gasteiger partial charge in [-0.05, 0) is 41.5 Å². The van der Waals surface area contributed by atoms with Crippen molar-refractivity contribution in [1.82, 2.24) is 0 Å². The third kappa shape index (κ3) is 2.82. The van der Waals surface area contributed by atoms with Gasteiger partial charge in [0, 0.05) is 5.56 Å². The minimum Gasteiger partial charge on any atom is -0.497 e. The summed E-state index contributed by atoms with van der Waals surface area (Å²) in [6, 6.07) is 9.46. The summed E-state index contributed by atoms with van der Waals surface area (Å²) >= 11 is 0. The first-order valence-corrected chi connectivity index (χ1v) is 5.76. The minimum atomic E-state index is -4.37. The van der Waals surface area contributed by atoms with E-state index >= 15 is 0 Å². The highest BCUT2D eigenvalue weighted by atomic mass is 19.4. The summed E-state index contributed by atoms with van der Waals surface area (Å²) in [5.74, 6) is 0.533. The lowest BCUT2D eigenvalue weighted by molar-refractivity contribution is -0.137.